The van der Waals surface area contributed by atoms with Gasteiger partial charge in [0.1, 0.15) is 0 Å². The maximum absolute atomic E-state index is 13.2. The monoisotopic (exact) mass is 461 g/mol. The van der Waals surface area contributed by atoms with Crippen molar-refractivity contribution in [3.8, 4) is 0 Å². The molecule has 0 bridgehead atoms. The van der Waals surface area contributed by atoms with Crippen molar-refractivity contribution in [2.45, 2.75) is 18.9 Å². The minimum absolute atomic E-state index is 0.0410. The van der Waals surface area contributed by atoms with Crippen LogP contribution in [0.25, 0.3) is 10.2 Å². The Labute approximate surface area is 173 Å². The van der Waals surface area contributed by atoms with Gasteiger partial charge >= 0.3 is 0 Å². The molecule has 1 aromatic heterocycles. The number of halogens is 1. The van der Waals surface area contributed by atoms with Gasteiger partial charge in [-0.25, -0.2) is 4.98 Å². The van der Waals surface area contributed by atoms with Gasteiger partial charge in [-0.05, 0) is 43.2 Å². The largest absolute Gasteiger partial charge is 0.376 e. The average Bonchev–Trinajstić information content (AvgIpc) is 3.34. The zero-order valence-corrected chi connectivity index (χ0v) is 17.1. The third kappa shape index (κ3) is 3.91. The summed E-state index contributed by atoms with van der Waals surface area (Å²) in [7, 11) is 0. The molecule has 9 heteroatoms. The third-order valence-electron chi connectivity index (χ3n) is 4.55. The highest BCUT2D eigenvalue weighted by atomic mass is 79.9. The van der Waals surface area contributed by atoms with Crippen LogP contribution in [0.4, 0.5) is 10.8 Å². The first-order valence-electron chi connectivity index (χ1n) is 8.75. The van der Waals surface area contributed by atoms with Crippen LogP contribution in [0, 0.1) is 10.1 Å². The molecular weight excluding hydrogens is 446 g/mol. The van der Waals surface area contributed by atoms with E-state index in [1.54, 1.807) is 4.90 Å². The first kappa shape index (κ1) is 19.0. The molecule has 1 amide bonds. The predicted octanol–water partition coefficient (Wildman–Crippen LogP) is 4.79. The number of aromatic nitrogens is 1. The second-order valence-corrected chi connectivity index (χ2v) is 8.39. The Morgan fingerprint density at radius 3 is 2.79 bits per heavy atom. The summed E-state index contributed by atoms with van der Waals surface area (Å²) in [5.41, 5.74) is 1.15. The van der Waals surface area contributed by atoms with Crippen molar-refractivity contribution in [3.63, 3.8) is 0 Å². The molecule has 1 saturated heterocycles. The van der Waals surface area contributed by atoms with Gasteiger partial charge in [-0.3, -0.25) is 19.8 Å². The van der Waals surface area contributed by atoms with Crippen molar-refractivity contribution in [3.05, 3.63) is 62.6 Å². The molecule has 0 N–H and O–H groups in total. The van der Waals surface area contributed by atoms with Crippen LogP contribution in [0.1, 0.15) is 23.2 Å². The highest BCUT2D eigenvalue weighted by Gasteiger charge is 2.27. The van der Waals surface area contributed by atoms with Crippen molar-refractivity contribution in [1.82, 2.24) is 4.98 Å². The van der Waals surface area contributed by atoms with Crippen molar-refractivity contribution in [1.29, 1.82) is 0 Å². The Bertz CT molecular complexity index is 1030. The Hall–Kier alpha value is -2.36. The van der Waals surface area contributed by atoms with E-state index in [1.807, 2.05) is 18.2 Å². The van der Waals surface area contributed by atoms with Crippen LogP contribution in [-0.2, 0) is 4.74 Å². The minimum Gasteiger partial charge on any atom is -0.376 e. The predicted molar refractivity (Wildman–Crippen MR) is 111 cm³/mol. The molecule has 28 heavy (non-hydrogen) atoms. The first-order chi connectivity index (χ1) is 13.5. The fraction of sp³-hybridized carbons (Fsp3) is 0.263. The zero-order chi connectivity index (χ0) is 19.7. The quantitative estimate of drug-likeness (QED) is 0.402. The standard InChI is InChI=1S/C19H16BrN3O4S/c20-13-5-8-16-17(10-13)28-19(21-16)22(11-15-2-1-9-27-15)18(24)12-3-6-14(7-4-12)23(25)26/h3-8,10,15H,1-2,9,11H2. The SMILES string of the molecule is O=C(c1ccc([N+](=O)[O-])cc1)N(CC1CCCO1)c1nc2ccc(Br)cc2s1. The van der Waals surface area contributed by atoms with Crippen LogP contribution in [-0.4, -0.2) is 35.1 Å². The molecule has 1 unspecified atom stereocenters. The number of non-ortho nitro benzene ring substituents is 1. The Kier molecular flexibility index (Phi) is 5.38. The number of benzene rings is 2. The molecule has 1 aliphatic heterocycles. The molecule has 0 spiro atoms. The van der Waals surface area contributed by atoms with Gasteiger partial charge in [-0.1, -0.05) is 27.3 Å². The summed E-state index contributed by atoms with van der Waals surface area (Å²) >= 11 is 4.89. The highest BCUT2D eigenvalue weighted by Crippen LogP contribution is 2.32. The van der Waals surface area contributed by atoms with E-state index in [-0.39, 0.29) is 17.7 Å². The van der Waals surface area contributed by atoms with Crippen LogP contribution in [0.15, 0.2) is 46.9 Å². The lowest BCUT2D eigenvalue weighted by molar-refractivity contribution is -0.384. The molecule has 7 nitrogen and oxygen atoms in total. The van der Waals surface area contributed by atoms with Crippen LogP contribution in [0.3, 0.4) is 0 Å². The lowest BCUT2D eigenvalue weighted by Gasteiger charge is -2.23. The fourth-order valence-electron chi connectivity index (χ4n) is 3.12. The third-order valence-corrected chi connectivity index (χ3v) is 6.08. The second-order valence-electron chi connectivity index (χ2n) is 6.46. The summed E-state index contributed by atoms with van der Waals surface area (Å²) in [6.45, 7) is 1.09. The number of carbonyl (C=O) groups excluding carboxylic acids is 1. The summed E-state index contributed by atoms with van der Waals surface area (Å²) in [5, 5.41) is 11.5. The van der Waals surface area contributed by atoms with E-state index >= 15 is 0 Å². The number of nitro groups is 1. The van der Waals surface area contributed by atoms with Gasteiger partial charge in [0, 0.05) is 28.8 Å². The molecular formula is C19H16BrN3O4S. The van der Waals surface area contributed by atoms with Gasteiger partial charge in [-0.15, -0.1) is 0 Å². The van der Waals surface area contributed by atoms with E-state index in [0.29, 0.717) is 23.8 Å². The molecule has 0 saturated carbocycles. The molecule has 4 rings (SSSR count). The van der Waals surface area contributed by atoms with Gasteiger partial charge in [0.2, 0.25) is 0 Å². The summed E-state index contributed by atoms with van der Waals surface area (Å²) < 4.78 is 7.64. The number of carbonyl (C=O) groups is 1. The average molecular weight is 462 g/mol. The van der Waals surface area contributed by atoms with Crippen LogP contribution >= 0.6 is 27.3 Å². The number of hydrogen-bond donors (Lipinski definition) is 0. The molecule has 144 valence electrons. The number of nitro benzene ring substituents is 1. The number of nitrogens with zero attached hydrogens (tertiary/aromatic N) is 3. The summed E-state index contributed by atoms with van der Waals surface area (Å²) in [6.07, 6.45) is 1.82. The summed E-state index contributed by atoms with van der Waals surface area (Å²) in [6, 6.07) is 11.4. The Balaban J connectivity index is 1.69. The number of rotatable bonds is 5. The van der Waals surface area contributed by atoms with Gasteiger partial charge in [-0.2, -0.15) is 0 Å². The van der Waals surface area contributed by atoms with E-state index in [1.165, 1.54) is 35.6 Å². The highest BCUT2D eigenvalue weighted by molar-refractivity contribution is 9.10. The molecule has 2 heterocycles. The van der Waals surface area contributed by atoms with Crippen LogP contribution in [0.2, 0.25) is 0 Å². The molecule has 3 aromatic rings. The van der Waals surface area contributed by atoms with E-state index in [2.05, 4.69) is 20.9 Å². The Morgan fingerprint density at radius 1 is 1.32 bits per heavy atom. The topological polar surface area (TPSA) is 85.6 Å². The van der Waals surface area contributed by atoms with Gasteiger partial charge in [0.25, 0.3) is 11.6 Å². The van der Waals surface area contributed by atoms with Crippen molar-refractivity contribution < 1.29 is 14.5 Å². The van der Waals surface area contributed by atoms with Crippen molar-refractivity contribution >= 4 is 54.2 Å². The molecule has 2 aromatic carbocycles. The number of amides is 1. The van der Waals surface area contributed by atoms with E-state index in [9.17, 15) is 14.9 Å². The summed E-state index contributed by atoms with van der Waals surface area (Å²) in [5.74, 6) is -0.247. The first-order valence-corrected chi connectivity index (χ1v) is 10.4. The van der Waals surface area contributed by atoms with E-state index in [4.69, 9.17) is 4.74 Å². The van der Waals surface area contributed by atoms with E-state index in [0.717, 1.165) is 27.5 Å². The van der Waals surface area contributed by atoms with E-state index < -0.39 is 4.92 Å². The lowest BCUT2D eigenvalue weighted by Crippen LogP contribution is -2.37. The maximum atomic E-state index is 13.2. The zero-order valence-electron chi connectivity index (χ0n) is 14.7. The molecule has 1 aliphatic rings. The van der Waals surface area contributed by atoms with Crippen molar-refractivity contribution in [2.24, 2.45) is 0 Å². The van der Waals surface area contributed by atoms with Crippen LogP contribution < -0.4 is 4.90 Å². The lowest BCUT2D eigenvalue weighted by atomic mass is 10.1. The molecule has 1 fully saturated rings. The number of ether oxygens (including phenoxy) is 1. The van der Waals surface area contributed by atoms with Crippen molar-refractivity contribution in [2.75, 3.05) is 18.1 Å². The number of fused-ring (bicyclic) bond motifs is 1. The smallest absolute Gasteiger partial charge is 0.269 e. The second kappa shape index (κ2) is 7.94. The minimum atomic E-state index is -0.482. The maximum Gasteiger partial charge on any atom is 0.269 e. The fourth-order valence-corrected chi connectivity index (χ4v) is 4.65. The number of hydrogen-bond acceptors (Lipinski definition) is 6. The molecule has 0 radical (unpaired) electrons. The number of thiazole rings is 1. The van der Waals surface area contributed by atoms with Gasteiger partial charge in [0.15, 0.2) is 5.13 Å². The number of anilines is 1. The molecule has 1 atom stereocenters. The summed E-state index contributed by atoms with van der Waals surface area (Å²) in [4.78, 5) is 29.9. The van der Waals surface area contributed by atoms with Gasteiger partial charge < -0.3 is 4.74 Å². The normalized spacial score (nSPS) is 16.4. The van der Waals surface area contributed by atoms with Crippen LogP contribution in [0.5, 0.6) is 0 Å². The van der Waals surface area contributed by atoms with Gasteiger partial charge in [0.05, 0.1) is 27.8 Å². The Morgan fingerprint density at radius 2 is 2.11 bits per heavy atom. The molecule has 0 aliphatic carbocycles.